The van der Waals surface area contributed by atoms with Crippen LogP contribution in [0.5, 0.6) is 0 Å². The molecule has 0 radical (unpaired) electrons. The summed E-state index contributed by atoms with van der Waals surface area (Å²) in [6, 6.07) is 48.1. The normalized spacial score (nSPS) is 11.8. The van der Waals surface area contributed by atoms with Gasteiger partial charge in [0.1, 0.15) is 0 Å². The molecule has 0 spiro atoms. The van der Waals surface area contributed by atoms with Crippen molar-refractivity contribution in [3.05, 3.63) is 152 Å². The molecule has 6 aromatic carbocycles. The predicted octanol–water partition coefficient (Wildman–Crippen LogP) is 10.1. The van der Waals surface area contributed by atoms with Gasteiger partial charge in [0.25, 0.3) is 0 Å². The summed E-state index contributed by atoms with van der Waals surface area (Å²) in [6.07, 6.45) is 6.08. The van der Waals surface area contributed by atoms with E-state index in [1.54, 1.807) is 0 Å². The number of benzene rings is 6. The molecule has 3 heterocycles. The number of nitrogens with zero attached hydrogens (tertiary/aromatic N) is 3. The lowest BCUT2D eigenvalue weighted by Gasteiger charge is -2.12. The summed E-state index contributed by atoms with van der Waals surface area (Å²) in [5, 5.41) is 8.70. The van der Waals surface area contributed by atoms with E-state index in [4.69, 9.17) is 0 Å². The van der Waals surface area contributed by atoms with Crippen LogP contribution >= 0.6 is 0 Å². The molecule has 0 fully saturated rings. The van der Waals surface area contributed by atoms with Crippen molar-refractivity contribution < 1.29 is 0 Å². The van der Waals surface area contributed by atoms with Gasteiger partial charge >= 0.3 is 0 Å². The third-order valence-electron chi connectivity index (χ3n) is 8.64. The second-order valence-electron chi connectivity index (χ2n) is 10.9. The van der Waals surface area contributed by atoms with Crippen LogP contribution in [-0.4, -0.2) is 14.1 Å². The summed E-state index contributed by atoms with van der Waals surface area (Å²) in [4.78, 5) is 4.49. The summed E-state index contributed by atoms with van der Waals surface area (Å²) < 4.78 is 4.70. The summed E-state index contributed by atoms with van der Waals surface area (Å²) in [6.45, 7) is 0. The summed E-state index contributed by atoms with van der Waals surface area (Å²) in [5.41, 5.74) is 8.31. The predicted molar refractivity (Wildman–Crippen MR) is 176 cm³/mol. The molecule has 0 saturated carbocycles. The average Bonchev–Trinajstić information content (AvgIpc) is 3.65. The first-order valence-electron chi connectivity index (χ1n) is 14.3. The van der Waals surface area contributed by atoms with Gasteiger partial charge in [0.05, 0.1) is 16.6 Å². The average molecular weight is 536 g/mol. The van der Waals surface area contributed by atoms with E-state index in [-0.39, 0.29) is 0 Å². The van der Waals surface area contributed by atoms with Crippen LogP contribution in [0.4, 0.5) is 0 Å². The van der Waals surface area contributed by atoms with Gasteiger partial charge in [-0.3, -0.25) is 4.98 Å². The third-order valence-corrected chi connectivity index (χ3v) is 8.64. The maximum absolute atomic E-state index is 4.49. The summed E-state index contributed by atoms with van der Waals surface area (Å²) >= 11 is 0. The molecular weight excluding hydrogens is 510 g/mol. The first-order chi connectivity index (χ1) is 20.8. The lowest BCUT2D eigenvalue weighted by Crippen LogP contribution is -1.94. The van der Waals surface area contributed by atoms with Crippen molar-refractivity contribution in [1.29, 1.82) is 0 Å². The van der Waals surface area contributed by atoms with Crippen LogP contribution in [0.1, 0.15) is 0 Å². The van der Waals surface area contributed by atoms with Gasteiger partial charge in [0, 0.05) is 62.5 Å². The second kappa shape index (κ2) is 8.92. The van der Waals surface area contributed by atoms with E-state index in [0.29, 0.717) is 0 Å². The highest BCUT2D eigenvalue weighted by atomic mass is 15.0. The molecule has 0 unspecified atom stereocenters. The van der Waals surface area contributed by atoms with Crippen molar-refractivity contribution in [1.82, 2.24) is 14.1 Å². The minimum Gasteiger partial charge on any atom is -0.317 e. The lowest BCUT2D eigenvalue weighted by molar-refractivity contribution is 1.13. The van der Waals surface area contributed by atoms with Crippen molar-refractivity contribution >= 4 is 54.3 Å². The molecule has 0 aliphatic carbocycles. The number of fused-ring (bicyclic) bond motifs is 8. The molecule has 0 bridgehead atoms. The molecule has 9 rings (SSSR count). The first kappa shape index (κ1) is 23.1. The van der Waals surface area contributed by atoms with Gasteiger partial charge in [0.15, 0.2) is 0 Å². The Morgan fingerprint density at radius 1 is 0.429 bits per heavy atom. The molecule has 42 heavy (non-hydrogen) atoms. The van der Waals surface area contributed by atoms with Gasteiger partial charge in [-0.1, -0.05) is 91.0 Å². The third kappa shape index (κ3) is 3.31. The Bertz CT molecular complexity index is 2440. The van der Waals surface area contributed by atoms with Gasteiger partial charge in [-0.05, 0) is 58.8 Å². The largest absolute Gasteiger partial charge is 0.317 e. The van der Waals surface area contributed by atoms with Crippen molar-refractivity contribution in [2.75, 3.05) is 0 Å². The Kier molecular flexibility index (Phi) is 4.90. The molecule has 0 amide bonds. The van der Waals surface area contributed by atoms with E-state index in [1.165, 1.54) is 60.1 Å². The Hall–Kier alpha value is -5.67. The standard InChI is InChI=1S/C39H25N3/c1-2-9-29(10-3-1)42-38-13-7-6-12-32(38)35-19-18-31-33-22-23-41(37(33)21-20-34(31)39(35)42)28-16-14-26(15-17-28)36-25-40-24-27-8-4-5-11-30(27)36/h1-25H. The van der Waals surface area contributed by atoms with Crippen LogP contribution in [0.25, 0.3) is 76.8 Å². The molecule has 0 saturated heterocycles. The topological polar surface area (TPSA) is 22.8 Å². The van der Waals surface area contributed by atoms with E-state index < -0.39 is 0 Å². The molecular formula is C39H25N3. The van der Waals surface area contributed by atoms with Crippen LogP contribution in [0.15, 0.2) is 152 Å². The SMILES string of the molecule is c1ccc(-n2c3ccccc3c3ccc4c5ccn(-c6ccc(-c7cncc8ccccc78)cc6)c5ccc4c32)cc1. The quantitative estimate of drug-likeness (QED) is 0.221. The van der Waals surface area contributed by atoms with Crippen molar-refractivity contribution in [2.45, 2.75) is 0 Å². The van der Waals surface area contributed by atoms with Gasteiger partial charge in [-0.2, -0.15) is 0 Å². The van der Waals surface area contributed by atoms with E-state index in [2.05, 4.69) is 154 Å². The van der Waals surface area contributed by atoms with Crippen molar-refractivity contribution in [2.24, 2.45) is 0 Å². The zero-order valence-electron chi connectivity index (χ0n) is 22.8. The smallest absolute Gasteiger partial charge is 0.0619 e. The van der Waals surface area contributed by atoms with Crippen molar-refractivity contribution in [3.8, 4) is 22.5 Å². The van der Waals surface area contributed by atoms with Gasteiger partial charge < -0.3 is 9.13 Å². The monoisotopic (exact) mass is 535 g/mol. The Balaban J connectivity index is 1.22. The van der Waals surface area contributed by atoms with Crippen LogP contribution in [0.2, 0.25) is 0 Å². The van der Waals surface area contributed by atoms with E-state index >= 15 is 0 Å². The molecule has 0 atom stereocenters. The first-order valence-corrected chi connectivity index (χ1v) is 14.3. The molecule has 0 aliphatic heterocycles. The fourth-order valence-corrected chi connectivity index (χ4v) is 6.71. The number of para-hydroxylation sites is 2. The number of hydrogen-bond donors (Lipinski definition) is 0. The van der Waals surface area contributed by atoms with Crippen LogP contribution in [-0.2, 0) is 0 Å². The molecule has 3 nitrogen and oxygen atoms in total. The molecule has 0 aliphatic rings. The summed E-state index contributed by atoms with van der Waals surface area (Å²) in [7, 11) is 0. The maximum atomic E-state index is 4.49. The zero-order valence-corrected chi connectivity index (χ0v) is 22.8. The fraction of sp³-hybridized carbons (Fsp3) is 0. The van der Waals surface area contributed by atoms with Crippen LogP contribution in [0.3, 0.4) is 0 Å². The Morgan fingerprint density at radius 3 is 2.00 bits per heavy atom. The Labute approximate surface area is 242 Å². The van der Waals surface area contributed by atoms with E-state index in [1.807, 2.05) is 12.4 Å². The fourth-order valence-electron chi connectivity index (χ4n) is 6.71. The van der Waals surface area contributed by atoms with Crippen molar-refractivity contribution in [3.63, 3.8) is 0 Å². The number of hydrogen-bond acceptors (Lipinski definition) is 1. The number of rotatable bonds is 3. The molecule has 0 N–H and O–H groups in total. The van der Waals surface area contributed by atoms with E-state index in [0.717, 1.165) is 16.6 Å². The van der Waals surface area contributed by atoms with Gasteiger partial charge in [0.2, 0.25) is 0 Å². The maximum Gasteiger partial charge on any atom is 0.0619 e. The zero-order chi connectivity index (χ0) is 27.6. The highest BCUT2D eigenvalue weighted by Gasteiger charge is 2.16. The number of pyridine rings is 1. The lowest BCUT2D eigenvalue weighted by atomic mass is 10.0. The highest BCUT2D eigenvalue weighted by Crippen LogP contribution is 2.39. The minimum absolute atomic E-state index is 1.14. The molecule has 3 aromatic heterocycles. The second-order valence-corrected chi connectivity index (χ2v) is 10.9. The van der Waals surface area contributed by atoms with Gasteiger partial charge in [-0.25, -0.2) is 0 Å². The highest BCUT2D eigenvalue weighted by molar-refractivity contribution is 6.22. The van der Waals surface area contributed by atoms with Gasteiger partial charge in [-0.15, -0.1) is 0 Å². The van der Waals surface area contributed by atoms with Crippen LogP contribution < -0.4 is 0 Å². The Morgan fingerprint density at radius 2 is 1.12 bits per heavy atom. The minimum atomic E-state index is 1.14. The molecule has 196 valence electrons. The van der Waals surface area contributed by atoms with E-state index in [9.17, 15) is 0 Å². The van der Waals surface area contributed by atoms with Crippen LogP contribution in [0, 0.1) is 0 Å². The number of aromatic nitrogens is 3. The molecule has 3 heteroatoms. The summed E-state index contributed by atoms with van der Waals surface area (Å²) in [5.74, 6) is 0. The molecule has 9 aromatic rings.